The number of carbonyl (C=O) groups excluding carboxylic acids is 1. The van der Waals surface area contributed by atoms with Crippen LogP contribution in [-0.2, 0) is 11.2 Å². The summed E-state index contributed by atoms with van der Waals surface area (Å²) in [6.45, 7) is 2.92. The number of hydrogen-bond donors (Lipinski definition) is 1. The Labute approximate surface area is 134 Å². The van der Waals surface area contributed by atoms with E-state index in [1.807, 2.05) is 24.3 Å². The number of nitrogens with one attached hydrogen (secondary N) is 1. The van der Waals surface area contributed by atoms with Gasteiger partial charge in [0.25, 0.3) is 0 Å². The largest absolute Gasteiger partial charge is 0.356 e. The van der Waals surface area contributed by atoms with Crippen LogP contribution in [0.1, 0.15) is 63.9 Å². The molecule has 2 nitrogen and oxygen atoms in total. The maximum absolute atomic E-state index is 11.7. The molecule has 0 aliphatic heterocycles. The van der Waals surface area contributed by atoms with Crippen molar-refractivity contribution in [3.63, 3.8) is 0 Å². The molecule has 0 aromatic heterocycles. The number of rotatable bonds is 11. The first-order valence-corrected chi connectivity index (χ1v) is 8.61. The van der Waals surface area contributed by atoms with Crippen LogP contribution in [0.5, 0.6) is 0 Å². The first-order valence-electron chi connectivity index (χ1n) is 8.23. The highest BCUT2D eigenvalue weighted by Gasteiger charge is 2.01. The SMILES string of the molecule is CCCCCCCCCC(=O)NCCc1cccc(Cl)c1. The summed E-state index contributed by atoms with van der Waals surface area (Å²) < 4.78 is 0. The van der Waals surface area contributed by atoms with E-state index in [1.165, 1.54) is 44.1 Å². The van der Waals surface area contributed by atoms with Gasteiger partial charge in [0.15, 0.2) is 0 Å². The Bertz CT molecular complexity index is 406. The lowest BCUT2D eigenvalue weighted by molar-refractivity contribution is -0.121. The van der Waals surface area contributed by atoms with E-state index in [2.05, 4.69) is 12.2 Å². The molecule has 0 atom stereocenters. The minimum atomic E-state index is 0.172. The Morgan fingerprint density at radius 3 is 2.52 bits per heavy atom. The van der Waals surface area contributed by atoms with Crippen molar-refractivity contribution in [3.8, 4) is 0 Å². The molecule has 118 valence electrons. The second kappa shape index (κ2) is 11.6. The molecule has 0 aliphatic rings. The maximum Gasteiger partial charge on any atom is 0.220 e. The molecule has 0 spiro atoms. The topological polar surface area (TPSA) is 29.1 Å². The van der Waals surface area contributed by atoms with E-state index in [4.69, 9.17) is 11.6 Å². The van der Waals surface area contributed by atoms with Crippen LogP contribution in [0.2, 0.25) is 5.02 Å². The van der Waals surface area contributed by atoms with Gasteiger partial charge in [0, 0.05) is 18.0 Å². The van der Waals surface area contributed by atoms with Crippen LogP contribution in [0.25, 0.3) is 0 Å². The van der Waals surface area contributed by atoms with Crippen LogP contribution in [0.4, 0.5) is 0 Å². The Morgan fingerprint density at radius 1 is 1.10 bits per heavy atom. The monoisotopic (exact) mass is 309 g/mol. The summed E-state index contributed by atoms with van der Waals surface area (Å²) in [6.07, 6.45) is 10.2. The highest BCUT2D eigenvalue weighted by Crippen LogP contribution is 2.11. The number of unbranched alkanes of at least 4 members (excludes halogenated alkanes) is 6. The van der Waals surface area contributed by atoms with Gasteiger partial charge < -0.3 is 5.32 Å². The molecule has 0 aliphatic carbocycles. The molecular weight excluding hydrogens is 282 g/mol. The van der Waals surface area contributed by atoms with Crippen molar-refractivity contribution in [1.82, 2.24) is 5.32 Å². The summed E-state index contributed by atoms with van der Waals surface area (Å²) in [4.78, 5) is 11.7. The molecule has 0 saturated heterocycles. The van der Waals surface area contributed by atoms with E-state index in [0.29, 0.717) is 13.0 Å². The highest BCUT2D eigenvalue weighted by molar-refractivity contribution is 6.30. The number of halogens is 1. The van der Waals surface area contributed by atoms with E-state index in [9.17, 15) is 4.79 Å². The second-order valence-corrected chi connectivity index (χ2v) is 6.04. The van der Waals surface area contributed by atoms with Crippen molar-refractivity contribution in [1.29, 1.82) is 0 Å². The van der Waals surface area contributed by atoms with E-state index in [-0.39, 0.29) is 5.91 Å². The third kappa shape index (κ3) is 9.52. The minimum Gasteiger partial charge on any atom is -0.356 e. The molecule has 1 N–H and O–H groups in total. The molecule has 1 amide bonds. The van der Waals surface area contributed by atoms with Crippen molar-refractivity contribution in [2.75, 3.05) is 6.54 Å². The van der Waals surface area contributed by atoms with Crippen molar-refractivity contribution in [3.05, 3.63) is 34.9 Å². The zero-order chi connectivity index (χ0) is 15.3. The van der Waals surface area contributed by atoms with Gasteiger partial charge in [-0.3, -0.25) is 4.79 Å². The number of benzene rings is 1. The van der Waals surface area contributed by atoms with E-state index in [0.717, 1.165) is 17.9 Å². The predicted molar refractivity (Wildman–Crippen MR) is 90.8 cm³/mol. The molecule has 3 heteroatoms. The lowest BCUT2D eigenvalue weighted by Crippen LogP contribution is -2.25. The smallest absolute Gasteiger partial charge is 0.220 e. The van der Waals surface area contributed by atoms with Crippen LogP contribution < -0.4 is 5.32 Å². The lowest BCUT2D eigenvalue weighted by Gasteiger charge is -2.06. The van der Waals surface area contributed by atoms with Crippen LogP contribution in [0, 0.1) is 0 Å². The molecule has 1 aromatic rings. The Kier molecular flexibility index (Phi) is 9.98. The number of amides is 1. The Morgan fingerprint density at radius 2 is 1.81 bits per heavy atom. The first-order chi connectivity index (χ1) is 10.2. The van der Waals surface area contributed by atoms with Gasteiger partial charge in [-0.15, -0.1) is 0 Å². The van der Waals surface area contributed by atoms with E-state index < -0.39 is 0 Å². The molecule has 0 saturated carbocycles. The minimum absolute atomic E-state index is 0.172. The molecule has 0 radical (unpaired) electrons. The third-order valence-corrected chi connectivity index (χ3v) is 3.87. The fraction of sp³-hybridized carbons (Fsp3) is 0.611. The average Bonchev–Trinajstić information content (AvgIpc) is 2.46. The average molecular weight is 310 g/mol. The fourth-order valence-electron chi connectivity index (χ4n) is 2.37. The van der Waals surface area contributed by atoms with Crippen molar-refractivity contribution in [2.45, 2.75) is 64.7 Å². The van der Waals surface area contributed by atoms with Gasteiger partial charge in [-0.2, -0.15) is 0 Å². The highest BCUT2D eigenvalue weighted by atomic mass is 35.5. The number of hydrogen-bond acceptors (Lipinski definition) is 1. The molecular formula is C18H28ClNO. The van der Waals surface area contributed by atoms with Gasteiger partial charge in [0.1, 0.15) is 0 Å². The van der Waals surface area contributed by atoms with E-state index >= 15 is 0 Å². The van der Waals surface area contributed by atoms with Crippen LogP contribution in [-0.4, -0.2) is 12.5 Å². The van der Waals surface area contributed by atoms with E-state index in [1.54, 1.807) is 0 Å². The number of carbonyl (C=O) groups is 1. The Balaban J connectivity index is 1.99. The normalized spacial score (nSPS) is 10.6. The predicted octanol–water partition coefficient (Wildman–Crippen LogP) is 5.14. The molecule has 0 heterocycles. The summed E-state index contributed by atoms with van der Waals surface area (Å²) in [6, 6.07) is 7.79. The van der Waals surface area contributed by atoms with Gasteiger partial charge in [-0.05, 0) is 30.5 Å². The molecule has 0 unspecified atom stereocenters. The molecule has 0 bridgehead atoms. The standard InChI is InChI=1S/C18H28ClNO/c1-2-3-4-5-6-7-8-12-18(21)20-14-13-16-10-9-11-17(19)15-16/h9-11,15H,2-8,12-14H2,1H3,(H,20,21). The maximum atomic E-state index is 11.7. The van der Waals surface area contributed by atoms with Crippen LogP contribution in [0.15, 0.2) is 24.3 Å². The van der Waals surface area contributed by atoms with Crippen molar-refractivity contribution < 1.29 is 4.79 Å². The molecule has 0 fully saturated rings. The lowest BCUT2D eigenvalue weighted by atomic mass is 10.1. The second-order valence-electron chi connectivity index (χ2n) is 5.60. The van der Waals surface area contributed by atoms with Crippen molar-refractivity contribution in [2.24, 2.45) is 0 Å². The van der Waals surface area contributed by atoms with Gasteiger partial charge in [0.2, 0.25) is 5.91 Å². The van der Waals surface area contributed by atoms with Gasteiger partial charge in [0.05, 0.1) is 0 Å². The summed E-state index contributed by atoms with van der Waals surface area (Å²) >= 11 is 5.93. The zero-order valence-electron chi connectivity index (χ0n) is 13.2. The third-order valence-electron chi connectivity index (χ3n) is 3.63. The van der Waals surface area contributed by atoms with Gasteiger partial charge in [-0.1, -0.05) is 69.2 Å². The zero-order valence-corrected chi connectivity index (χ0v) is 13.9. The van der Waals surface area contributed by atoms with Gasteiger partial charge >= 0.3 is 0 Å². The molecule has 1 aromatic carbocycles. The first kappa shape index (κ1) is 18.0. The van der Waals surface area contributed by atoms with Gasteiger partial charge in [-0.25, -0.2) is 0 Å². The van der Waals surface area contributed by atoms with Crippen molar-refractivity contribution >= 4 is 17.5 Å². The molecule has 21 heavy (non-hydrogen) atoms. The van der Waals surface area contributed by atoms with Crippen LogP contribution >= 0.6 is 11.6 Å². The quantitative estimate of drug-likeness (QED) is 0.563. The Hall–Kier alpha value is -1.02. The molecule has 1 rings (SSSR count). The summed E-state index contributed by atoms with van der Waals surface area (Å²) in [5.74, 6) is 0.172. The summed E-state index contributed by atoms with van der Waals surface area (Å²) in [5, 5.41) is 3.73. The summed E-state index contributed by atoms with van der Waals surface area (Å²) in [7, 11) is 0. The van der Waals surface area contributed by atoms with Crippen LogP contribution in [0.3, 0.4) is 0 Å². The fourth-order valence-corrected chi connectivity index (χ4v) is 2.58. The summed E-state index contributed by atoms with van der Waals surface area (Å²) in [5.41, 5.74) is 1.17.